The Balaban J connectivity index is 1.43. The second kappa shape index (κ2) is 13.2. The second-order valence-electron chi connectivity index (χ2n) is 10.2. The molecular formula is C27H34N8O6. The number of nitrogens with zero attached hydrogens (tertiary/aromatic N) is 4. The fourth-order valence-electron chi connectivity index (χ4n) is 5.14. The Kier molecular flexibility index (Phi) is 9.42. The van der Waals surface area contributed by atoms with Crippen molar-refractivity contribution >= 4 is 35.3 Å². The molecule has 2 aromatic rings. The zero-order valence-corrected chi connectivity index (χ0v) is 22.9. The molecule has 2 unspecified atom stereocenters. The lowest BCUT2D eigenvalue weighted by atomic mass is 9.82. The van der Waals surface area contributed by atoms with Crippen LogP contribution in [0, 0.1) is 17.8 Å². The Bertz CT molecular complexity index is 1310. The number of tetrazole rings is 1. The molecule has 14 nitrogen and oxygen atoms in total. The average molecular weight is 567 g/mol. The van der Waals surface area contributed by atoms with E-state index in [9.17, 15) is 29.1 Å². The first kappa shape index (κ1) is 29.4. The molecule has 1 aliphatic heterocycles. The number of carboxylic acid groups (broad SMARTS) is 1. The average Bonchev–Trinajstić information content (AvgIpc) is 3.65. The van der Waals surface area contributed by atoms with E-state index in [1.807, 2.05) is 19.1 Å². The summed E-state index contributed by atoms with van der Waals surface area (Å²) in [5, 5.41) is 31.0. The minimum Gasteiger partial charge on any atom is -0.481 e. The molecule has 5 atom stereocenters. The van der Waals surface area contributed by atoms with Crippen molar-refractivity contribution < 1.29 is 29.1 Å². The SMILES string of the molecule is CCC(C)C(NC(=O)[C@H]1CC=CC[C@H]1C(=O)O)C(=O)NCC(=O)N1c2ccccc2C[C@H]1C(=O)NCc1nn[nH]n1. The second-order valence-corrected chi connectivity index (χ2v) is 10.2. The van der Waals surface area contributed by atoms with Crippen LogP contribution in [0.25, 0.3) is 0 Å². The van der Waals surface area contributed by atoms with Crippen LogP contribution in [0.2, 0.25) is 0 Å². The van der Waals surface area contributed by atoms with E-state index in [4.69, 9.17) is 0 Å². The van der Waals surface area contributed by atoms with Crippen molar-refractivity contribution in [3.8, 4) is 0 Å². The Morgan fingerprint density at radius 2 is 1.80 bits per heavy atom. The minimum atomic E-state index is -1.06. The smallest absolute Gasteiger partial charge is 0.307 e. The molecule has 1 aromatic carbocycles. The Morgan fingerprint density at radius 3 is 2.49 bits per heavy atom. The van der Waals surface area contributed by atoms with Gasteiger partial charge in [0.05, 0.1) is 24.9 Å². The van der Waals surface area contributed by atoms with E-state index >= 15 is 0 Å². The van der Waals surface area contributed by atoms with E-state index < -0.39 is 60.1 Å². The molecule has 0 spiro atoms. The van der Waals surface area contributed by atoms with Crippen LogP contribution in [0.3, 0.4) is 0 Å². The number of carboxylic acids is 1. The van der Waals surface area contributed by atoms with E-state index in [-0.39, 0.29) is 31.1 Å². The van der Waals surface area contributed by atoms with Crippen LogP contribution in [0.1, 0.15) is 44.5 Å². The van der Waals surface area contributed by atoms with Gasteiger partial charge in [-0.15, -0.1) is 10.2 Å². The quantitative estimate of drug-likeness (QED) is 0.234. The van der Waals surface area contributed by atoms with Gasteiger partial charge in [0.2, 0.25) is 23.6 Å². The number of hydrogen-bond acceptors (Lipinski definition) is 8. The number of carbonyl (C=O) groups excluding carboxylic acids is 4. The summed E-state index contributed by atoms with van der Waals surface area (Å²) in [5.41, 5.74) is 1.38. The molecule has 14 heteroatoms. The summed E-state index contributed by atoms with van der Waals surface area (Å²) in [5.74, 6) is -4.72. The first-order chi connectivity index (χ1) is 19.7. The third-order valence-electron chi connectivity index (χ3n) is 7.65. The number of benzene rings is 1. The van der Waals surface area contributed by atoms with Crippen molar-refractivity contribution in [2.45, 2.75) is 58.2 Å². The first-order valence-corrected chi connectivity index (χ1v) is 13.6. The van der Waals surface area contributed by atoms with Gasteiger partial charge in [-0.1, -0.05) is 55.8 Å². The molecular weight excluding hydrogens is 532 g/mol. The van der Waals surface area contributed by atoms with E-state index in [1.165, 1.54) is 4.90 Å². The zero-order valence-electron chi connectivity index (χ0n) is 22.9. The molecule has 0 radical (unpaired) electrons. The Hall–Kier alpha value is -4.62. The number of carbonyl (C=O) groups is 5. The van der Waals surface area contributed by atoms with E-state index in [0.717, 1.165) is 5.56 Å². The zero-order chi connectivity index (χ0) is 29.5. The summed E-state index contributed by atoms with van der Waals surface area (Å²) in [6.45, 7) is 3.28. The number of rotatable bonds is 11. The standard InChI is InChI=1S/C27H34N8O6/c1-3-15(2)23(30-24(37)17-9-5-6-10-18(17)27(40)41)26(39)29-14-22(36)35-19-11-7-4-8-16(19)12-20(35)25(38)28-13-21-31-33-34-32-21/h4-8,11,15,17-18,20,23H,3,9-10,12-14H2,1-2H3,(H,28,38)(H,29,39)(H,30,37)(H,40,41)(H,31,32,33,34)/t15?,17-,18+,20-,23?/m0/s1. The normalized spacial score (nSPS) is 20.9. The molecule has 1 aromatic heterocycles. The van der Waals surface area contributed by atoms with E-state index in [1.54, 1.807) is 31.2 Å². The summed E-state index contributed by atoms with van der Waals surface area (Å²) >= 11 is 0. The number of aromatic nitrogens is 4. The molecule has 2 aliphatic rings. The number of amides is 4. The molecule has 0 saturated carbocycles. The lowest BCUT2D eigenvalue weighted by molar-refractivity contribution is -0.147. The van der Waals surface area contributed by atoms with E-state index in [0.29, 0.717) is 18.5 Å². The van der Waals surface area contributed by atoms with Gasteiger partial charge in [-0.2, -0.15) is 5.21 Å². The fourth-order valence-corrected chi connectivity index (χ4v) is 5.14. The monoisotopic (exact) mass is 566 g/mol. The topological polar surface area (TPSA) is 199 Å². The van der Waals surface area contributed by atoms with Crippen molar-refractivity contribution in [3.63, 3.8) is 0 Å². The van der Waals surface area contributed by atoms with Gasteiger partial charge in [-0.3, -0.25) is 28.9 Å². The summed E-state index contributed by atoms with van der Waals surface area (Å²) in [4.78, 5) is 65.9. The molecule has 5 N–H and O–H groups in total. The number of nitrogens with one attached hydrogen (secondary N) is 4. The van der Waals surface area contributed by atoms with Gasteiger partial charge in [0.15, 0.2) is 5.82 Å². The van der Waals surface area contributed by atoms with Crippen LogP contribution < -0.4 is 20.9 Å². The molecule has 4 amide bonds. The van der Waals surface area contributed by atoms with E-state index in [2.05, 4.69) is 36.6 Å². The van der Waals surface area contributed by atoms with Crippen molar-refractivity contribution in [1.29, 1.82) is 0 Å². The lowest BCUT2D eigenvalue weighted by Gasteiger charge is -2.29. The third kappa shape index (κ3) is 6.76. The number of anilines is 1. The van der Waals surface area contributed by atoms with Gasteiger partial charge in [-0.25, -0.2) is 0 Å². The first-order valence-electron chi connectivity index (χ1n) is 13.6. The Morgan fingerprint density at radius 1 is 1.07 bits per heavy atom. The molecule has 2 heterocycles. The van der Waals surface area contributed by atoms with Crippen LogP contribution in [0.4, 0.5) is 5.69 Å². The summed E-state index contributed by atoms with van der Waals surface area (Å²) in [7, 11) is 0. The molecule has 0 bridgehead atoms. The molecule has 1 aliphatic carbocycles. The predicted octanol–water partition coefficient (Wildman–Crippen LogP) is 0.0879. The number of fused-ring (bicyclic) bond motifs is 1. The van der Waals surface area contributed by atoms with Crippen LogP contribution in [-0.4, -0.2) is 74.0 Å². The van der Waals surface area contributed by atoms with Gasteiger partial charge >= 0.3 is 5.97 Å². The van der Waals surface area contributed by atoms with Crippen LogP contribution in [0.15, 0.2) is 36.4 Å². The highest BCUT2D eigenvalue weighted by atomic mass is 16.4. The molecule has 0 fully saturated rings. The summed E-state index contributed by atoms with van der Waals surface area (Å²) < 4.78 is 0. The van der Waals surface area contributed by atoms with Crippen molar-refractivity contribution in [1.82, 2.24) is 36.6 Å². The van der Waals surface area contributed by atoms with Gasteiger partial charge < -0.3 is 21.1 Å². The van der Waals surface area contributed by atoms with Crippen LogP contribution >= 0.6 is 0 Å². The third-order valence-corrected chi connectivity index (χ3v) is 7.65. The maximum absolute atomic E-state index is 13.4. The molecule has 218 valence electrons. The van der Waals surface area contributed by atoms with Crippen molar-refractivity contribution in [2.75, 3.05) is 11.4 Å². The molecule has 0 saturated heterocycles. The fraction of sp³-hybridized carbons (Fsp3) is 0.481. The maximum Gasteiger partial charge on any atom is 0.307 e. The number of para-hydroxylation sites is 1. The highest BCUT2D eigenvalue weighted by Crippen LogP contribution is 2.32. The van der Waals surface area contributed by atoms with Gasteiger partial charge in [0.25, 0.3) is 0 Å². The number of aliphatic carboxylic acids is 1. The predicted molar refractivity (Wildman–Crippen MR) is 145 cm³/mol. The number of H-pyrrole nitrogens is 1. The largest absolute Gasteiger partial charge is 0.481 e. The highest BCUT2D eigenvalue weighted by molar-refractivity contribution is 6.05. The van der Waals surface area contributed by atoms with Gasteiger partial charge in [0, 0.05) is 12.1 Å². The molecule has 41 heavy (non-hydrogen) atoms. The number of allylic oxidation sites excluding steroid dienone is 2. The lowest BCUT2D eigenvalue weighted by Crippen LogP contribution is -2.55. The van der Waals surface area contributed by atoms with Gasteiger partial charge in [-0.05, 0) is 30.4 Å². The number of hydrogen-bond donors (Lipinski definition) is 5. The number of aromatic amines is 1. The van der Waals surface area contributed by atoms with Gasteiger partial charge in [0.1, 0.15) is 12.1 Å². The van der Waals surface area contributed by atoms with Crippen molar-refractivity contribution in [3.05, 3.63) is 47.8 Å². The van der Waals surface area contributed by atoms with Crippen LogP contribution in [-0.2, 0) is 36.9 Å². The molecule has 4 rings (SSSR count). The minimum absolute atomic E-state index is 0.0246. The van der Waals surface area contributed by atoms with Crippen LogP contribution in [0.5, 0.6) is 0 Å². The maximum atomic E-state index is 13.4. The summed E-state index contributed by atoms with van der Waals surface area (Å²) in [6, 6.07) is 5.33. The van der Waals surface area contributed by atoms with Crippen molar-refractivity contribution in [2.24, 2.45) is 17.8 Å². The summed E-state index contributed by atoms with van der Waals surface area (Å²) in [6.07, 6.45) is 4.86. The Labute approximate surface area is 236 Å². The highest BCUT2D eigenvalue weighted by Gasteiger charge is 2.39.